The molecule has 0 aliphatic rings. The van der Waals surface area contributed by atoms with Gasteiger partial charge in [-0.25, -0.2) is 19.6 Å². The molecule has 1 aromatic rings. The molecular formula is C10H13N3O5. The number of hydrogen-bond acceptors (Lipinski definition) is 7. The minimum absolute atomic E-state index is 0.0348. The van der Waals surface area contributed by atoms with E-state index in [1.165, 1.54) is 26.5 Å². The highest BCUT2D eigenvalue weighted by Gasteiger charge is 2.18. The van der Waals surface area contributed by atoms with Crippen LogP contribution >= 0.6 is 0 Å². The van der Waals surface area contributed by atoms with Crippen LogP contribution in [0.5, 0.6) is 0 Å². The molecular weight excluding hydrogens is 242 g/mol. The van der Waals surface area contributed by atoms with Gasteiger partial charge in [0.1, 0.15) is 11.9 Å². The van der Waals surface area contributed by atoms with Crippen LogP contribution in [0.3, 0.4) is 0 Å². The molecule has 0 spiro atoms. The van der Waals surface area contributed by atoms with Crippen molar-refractivity contribution in [1.29, 1.82) is 0 Å². The van der Waals surface area contributed by atoms with Gasteiger partial charge in [0.15, 0.2) is 0 Å². The number of methoxy groups -OCH3 is 2. The molecule has 0 aromatic carbocycles. The lowest BCUT2D eigenvalue weighted by molar-refractivity contribution is -0.139. The van der Waals surface area contributed by atoms with Gasteiger partial charge in [-0.2, -0.15) is 0 Å². The summed E-state index contributed by atoms with van der Waals surface area (Å²) >= 11 is 0. The molecule has 1 heterocycles. The lowest BCUT2D eigenvalue weighted by atomic mass is 10.3. The van der Waals surface area contributed by atoms with Crippen molar-refractivity contribution in [2.75, 3.05) is 26.1 Å². The van der Waals surface area contributed by atoms with Crippen LogP contribution in [0.2, 0.25) is 0 Å². The van der Waals surface area contributed by atoms with Crippen molar-refractivity contribution < 1.29 is 24.2 Å². The number of rotatable bonds is 6. The van der Waals surface area contributed by atoms with E-state index in [9.17, 15) is 9.59 Å². The second-order valence-electron chi connectivity index (χ2n) is 3.25. The van der Waals surface area contributed by atoms with Crippen LogP contribution in [0.15, 0.2) is 12.3 Å². The standard InChI is InChI=1S/C10H13N3O5/c1-17-5-6(9(14)15)12-7-3-4-11-8(13-7)10(16)18-2/h3-4,6H,5H2,1-2H3,(H,14,15)(H,11,12,13). The fourth-order valence-electron chi connectivity index (χ4n) is 1.15. The average Bonchev–Trinajstić information content (AvgIpc) is 2.37. The van der Waals surface area contributed by atoms with Crippen LogP contribution in [0, 0.1) is 0 Å². The Kier molecular flexibility index (Phi) is 5.00. The van der Waals surface area contributed by atoms with E-state index < -0.39 is 18.0 Å². The Bertz CT molecular complexity index is 437. The molecule has 98 valence electrons. The van der Waals surface area contributed by atoms with Gasteiger partial charge < -0.3 is 19.9 Å². The zero-order chi connectivity index (χ0) is 13.5. The van der Waals surface area contributed by atoms with E-state index in [1.807, 2.05) is 0 Å². The van der Waals surface area contributed by atoms with E-state index in [4.69, 9.17) is 9.84 Å². The Morgan fingerprint density at radius 3 is 2.78 bits per heavy atom. The number of nitrogens with zero attached hydrogens (tertiary/aromatic N) is 2. The normalized spacial score (nSPS) is 11.7. The number of ether oxygens (including phenoxy) is 2. The molecule has 8 nitrogen and oxygen atoms in total. The van der Waals surface area contributed by atoms with E-state index in [0.29, 0.717) is 0 Å². The van der Waals surface area contributed by atoms with Crippen molar-refractivity contribution in [1.82, 2.24) is 9.97 Å². The maximum absolute atomic E-state index is 11.2. The van der Waals surface area contributed by atoms with E-state index in [-0.39, 0.29) is 18.2 Å². The Labute approximate surface area is 103 Å². The Morgan fingerprint density at radius 2 is 2.22 bits per heavy atom. The van der Waals surface area contributed by atoms with Crippen molar-refractivity contribution in [2.24, 2.45) is 0 Å². The van der Waals surface area contributed by atoms with Crippen LogP contribution < -0.4 is 5.32 Å². The Morgan fingerprint density at radius 1 is 1.50 bits per heavy atom. The summed E-state index contributed by atoms with van der Waals surface area (Å²) in [4.78, 5) is 29.6. The quantitative estimate of drug-likeness (QED) is 0.671. The largest absolute Gasteiger partial charge is 0.480 e. The molecule has 2 N–H and O–H groups in total. The molecule has 0 radical (unpaired) electrons. The molecule has 0 aliphatic heterocycles. The third kappa shape index (κ3) is 3.67. The van der Waals surface area contributed by atoms with Gasteiger partial charge in [-0.1, -0.05) is 0 Å². The summed E-state index contributed by atoms with van der Waals surface area (Å²) in [5.74, 6) is -1.73. The molecule has 0 aliphatic carbocycles. The average molecular weight is 255 g/mol. The molecule has 1 aromatic heterocycles. The zero-order valence-corrected chi connectivity index (χ0v) is 9.91. The number of nitrogens with one attached hydrogen (secondary N) is 1. The van der Waals surface area contributed by atoms with Crippen molar-refractivity contribution in [3.05, 3.63) is 18.1 Å². The minimum Gasteiger partial charge on any atom is -0.480 e. The fourth-order valence-corrected chi connectivity index (χ4v) is 1.15. The van der Waals surface area contributed by atoms with Crippen molar-refractivity contribution >= 4 is 17.8 Å². The maximum Gasteiger partial charge on any atom is 0.376 e. The molecule has 1 unspecified atom stereocenters. The monoisotopic (exact) mass is 255 g/mol. The summed E-state index contributed by atoms with van der Waals surface area (Å²) in [6, 6.07) is 0.480. The number of anilines is 1. The Hall–Kier alpha value is -2.22. The highest BCUT2D eigenvalue weighted by Crippen LogP contribution is 2.05. The molecule has 8 heteroatoms. The van der Waals surface area contributed by atoms with Crippen LogP contribution in [0.4, 0.5) is 5.82 Å². The van der Waals surface area contributed by atoms with E-state index >= 15 is 0 Å². The van der Waals surface area contributed by atoms with Crippen molar-refractivity contribution in [2.45, 2.75) is 6.04 Å². The summed E-state index contributed by atoms with van der Waals surface area (Å²) < 4.78 is 9.22. The summed E-state index contributed by atoms with van der Waals surface area (Å²) in [7, 11) is 2.59. The fraction of sp³-hybridized carbons (Fsp3) is 0.400. The second kappa shape index (κ2) is 6.50. The van der Waals surface area contributed by atoms with Crippen LogP contribution in [-0.2, 0) is 14.3 Å². The first-order chi connectivity index (χ1) is 8.58. The predicted octanol–water partition coefficient (Wildman–Crippen LogP) is -0.225. The number of aromatic nitrogens is 2. The van der Waals surface area contributed by atoms with Gasteiger partial charge in [-0.3, -0.25) is 0 Å². The summed E-state index contributed by atoms with van der Waals surface area (Å²) in [5, 5.41) is 11.5. The number of carbonyl (C=O) groups is 2. The number of carboxylic acid groups (broad SMARTS) is 1. The highest BCUT2D eigenvalue weighted by atomic mass is 16.5. The molecule has 18 heavy (non-hydrogen) atoms. The molecule has 1 rings (SSSR count). The lowest BCUT2D eigenvalue weighted by Crippen LogP contribution is -2.34. The SMILES string of the molecule is COCC(Nc1ccnc(C(=O)OC)n1)C(=O)O. The maximum atomic E-state index is 11.2. The summed E-state index contributed by atoms with van der Waals surface area (Å²) in [6.45, 7) is -0.0348. The van der Waals surface area contributed by atoms with E-state index in [0.717, 1.165) is 0 Å². The van der Waals surface area contributed by atoms with Gasteiger partial charge in [-0.15, -0.1) is 0 Å². The minimum atomic E-state index is -1.09. The highest BCUT2D eigenvalue weighted by molar-refractivity contribution is 5.85. The van der Waals surface area contributed by atoms with Gasteiger partial charge in [0, 0.05) is 13.3 Å². The second-order valence-corrected chi connectivity index (χ2v) is 3.25. The predicted molar refractivity (Wildman–Crippen MR) is 60.3 cm³/mol. The molecule has 0 amide bonds. The third-order valence-electron chi connectivity index (χ3n) is 1.98. The lowest BCUT2D eigenvalue weighted by Gasteiger charge is -2.13. The van der Waals surface area contributed by atoms with Crippen LogP contribution in [0.25, 0.3) is 0 Å². The molecule has 0 saturated heterocycles. The van der Waals surface area contributed by atoms with E-state index in [2.05, 4.69) is 20.0 Å². The van der Waals surface area contributed by atoms with Crippen molar-refractivity contribution in [3.63, 3.8) is 0 Å². The zero-order valence-electron chi connectivity index (χ0n) is 9.91. The van der Waals surface area contributed by atoms with Crippen LogP contribution in [0.1, 0.15) is 10.6 Å². The first-order valence-electron chi connectivity index (χ1n) is 4.98. The van der Waals surface area contributed by atoms with Gasteiger partial charge in [0.05, 0.1) is 13.7 Å². The number of aliphatic carboxylic acids is 1. The van der Waals surface area contributed by atoms with E-state index in [1.54, 1.807) is 0 Å². The third-order valence-corrected chi connectivity index (χ3v) is 1.98. The molecule has 0 bridgehead atoms. The first-order valence-corrected chi connectivity index (χ1v) is 4.98. The molecule has 0 saturated carbocycles. The number of carboxylic acids is 1. The number of esters is 1. The number of hydrogen-bond donors (Lipinski definition) is 2. The van der Waals surface area contributed by atoms with Gasteiger partial charge in [0.2, 0.25) is 5.82 Å². The molecule has 1 atom stereocenters. The Balaban J connectivity index is 2.83. The van der Waals surface area contributed by atoms with Gasteiger partial charge in [0.25, 0.3) is 0 Å². The topological polar surface area (TPSA) is 111 Å². The summed E-state index contributed by atoms with van der Waals surface area (Å²) in [6.07, 6.45) is 1.33. The van der Waals surface area contributed by atoms with Gasteiger partial charge >= 0.3 is 11.9 Å². The smallest absolute Gasteiger partial charge is 0.376 e. The summed E-state index contributed by atoms with van der Waals surface area (Å²) in [5.41, 5.74) is 0. The molecule has 0 fully saturated rings. The van der Waals surface area contributed by atoms with Crippen LogP contribution in [-0.4, -0.2) is 53.9 Å². The number of carbonyl (C=O) groups excluding carboxylic acids is 1. The van der Waals surface area contributed by atoms with Gasteiger partial charge in [-0.05, 0) is 6.07 Å². The van der Waals surface area contributed by atoms with Crippen molar-refractivity contribution in [3.8, 4) is 0 Å². The first kappa shape index (κ1) is 13.8.